The molecular formula is C25H24FN3O2S. The summed E-state index contributed by atoms with van der Waals surface area (Å²) in [4.78, 5) is 33.3. The number of nitrogens with zero attached hydrogens (tertiary/aromatic N) is 3. The van der Waals surface area contributed by atoms with Crippen LogP contribution in [-0.4, -0.2) is 47.8 Å². The SMILES string of the molecule is C[C@@H](c1cccs1)N1C(=O)c2cccc(N3CCN(Cc4cccc(F)c4)CC3)c2C1=O. The molecule has 2 aliphatic heterocycles. The van der Waals surface area contributed by atoms with Gasteiger partial charge >= 0.3 is 0 Å². The number of benzene rings is 2. The minimum atomic E-state index is -0.293. The maximum atomic E-state index is 13.5. The van der Waals surface area contributed by atoms with Crippen LogP contribution in [0.15, 0.2) is 60.0 Å². The van der Waals surface area contributed by atoms with Crippen molar-refractivity contribution in [2.24, 2.45) is 0 Å². The van der Waals surface area contributed by atoms with Crippen LogP contribution in [-0.2, 0) is 6.54 Å². The molecule has 3 heterocycles. The largest absolute Gasteiger partial charge is 0.368 e. The van der Waals surface area contributed by atoms with E-state index in [1.165, 1.54) is 11.0 Å². The van der Waals surface area contributed by atoms with Gasteiger partial charge in [-0.2, -0.15) is 0 Å². The second-order valence-corrected chi connectivity index (χ2v) is 9.24. The molecule has 32 heavy (non-hydrogen) atoms. The topological polar surface area (TPSA) is 43.9 Å². The number of piperazine rings is 1. The van der Waals surface area contributed by atoms with E-state index in [0.717, 1.165) is 42.3 Å². The van der Waals surface area contributed by atoms with Crippen molar-refractivity contribution in [3.63, 3.8) is 0 Å². The zero-order valence-corrected chi connectivity index (χ0v) is 18.6. The van der Waals surface area contributed by atoms with Crippen molar-refractivity contribution in [3.05, 3.63) is 87.4 Å². The standard InChI is InChI=1S/C25H24FN3O2S/c1-17(22-9-4-14-32-22)29-24(30)20-7-3-8-21(23(20)25(29)31)28-12-10-27(11-13-28)16-18-5-2-6-19(26)15-18/h2-9,14-15,17H,10-13,16H2,1H3/t17-/m0/s1. The van der Waals surface area contributed by atoms with Gasteiger partial charge in [-0.15, -0.1) is 11.3 Å². The Balaban J connectivity index is 1.33. The molecule has 3 aromatic rings. The van der Waals surface area contributed by atoms with Gasteiger partial charge in [0.15, 0.2) is 0 Å². The predicted molar refractivity (Wildman–Crippen MR) is 124 cm³/mol. The smallest absolute Gasteiger partial charge is 0.264 e. The summed E-state index contributed by atoms with van der Waals surface area (Å²) in [5, 5.41) is 1.96. The first-order valence-electron chi connectivity index (χ1n) is 10.8. The average Bonchev–Trinajstić information content (AvgIpc) is 3.42. The van der Waals surface area contributed by atoms with E-state index >= 15 is 0 Å². The molecule has 0 unspecified atom stereocenters. The van der Waals surface area contributed by atoms with E-state index in [1.807, 2.05) is 42.6 Å². The molecule has 1 fully saturated rings. The monoisotopic (exact) mass is 449 g/mol. The number of hydrogen-bond acceptors (Lipinski definition) is 5. The highest BCUT2D eigenvalue weighted by atomic mass is 32.1. The van der Waals surface area contributed by atoms with Gasteiger partial charge in [0.25, 0.3) is 11.8 Å². The van der Waals surface area contributed by atoms with E-state index < -0.39 is 0 Å². The number of hydrogen-bond donors (Lipinski definition) is 0. The van der Waals surface area contributed by atoms with E-state index in [0.29, 0.717) is 17.7 Å². The maximum Gasteiger partial charge on any atom is 0.264 e. The summed E-state index contributed by atoms with van der Waals surface area (Å²) in [6.45, 7) is 5.69. The molecule has 1 atom stereocenters. The minimum absolute atomic E-state index is 0.217. The van der Waals surface area contributed by atoms with Crippen molar-refractivity contribution in [2.45, 2.75) is 19.5 Å². The Morgan fingerprint density at radius 2 is 1.75 bits per heavy atom. The number of imide groups is 1. The van der Waals surface area contributed by atoms with Crippen molar-refractivity contribution in [1.82, 2.24) is 9.80 Å². The number of fused-ring (bicyclic) bond motifs is 1. The molecule has 0 saturated carbocycles. The van der Waals surface area contributed by atoms with Crippen molar-refractivity contribution >= 4 is 28.8 Å². The first-order valence-corrected chi connectivity index (χ1v) is 11.7. The Morgan fingerprint density at radius 1 is 0.969 bits per heavy atom. The summed E-state index contributed by atoms with van der Waals surface area (Å²) >= 11 is 1.55. The minimum Gasteiger partial charge on any atom is -0.368 e. The highest BCUT2D eigenvalue weighted by molar-refractivity contribution is 7.10. The molecule has 5 nitrogen and oxygen atoms in total. The molecule has 0 N–H and O–H groups in total. The van der Waals surface area contributed by atoms with E-state index in [9.17, 15) is 14.0 Å². The molecule has 164 valence electrons. The van der Waals surface area contributed by atoms with Crippen molar-refractivity contribution < 1.29 is 14.0 Å². The second kappa shape index (κ2) is 8.48. The number of halogens is 1. The quantitative estimate of drug-likeness (QED) is 0.536. The van der Waals surface area contributed by atoms with Gasteiger partial charge in [-0.3, -0.25) is 19.4 Å². The maximum absolute atomic E-state index is 13.5. The van der Waals surface area contributed by atoms with Gasteiger partial charge in [0, 0.05) is 37.6 Å². The van der Waals surface area contributed by atoms with Gasteiger partial charge < -0.3 is 4.90 Å². The van der Waals surface area contributed by atoms with Gasteiger partial charge in [0.05, 0.1) is 22.9 Å². The molecule has 1 saturated heterocycles. The van der Waals surface area contributed by atoms with E-state index in [4.69, 9.17) is 0 Å². The van der Waals surface area contributed by atoms with Crippen molar-refractivity contribution in [3.8, 4) is 0 Å². The third kappa shape index (κ3) is 3.72. The summed E-state index contributed by atoms with van der Waals surface area (Å²) in [7, 11) is 0. The first kappa shape index (κ1) is 20.8. The molecule has 2 aromatic carbocycles. The number of amides is 2. The van der Waals surface area contributed by atoms with Crippen LogP contribution in [0.2, 0.25) is 0 Å². The van der Waals surface area contributed by atoms with Gasteiger partial charge in [-0.05, 0) is 48.2 Å². The van der Waals surface area contributed by atoms with Gasteiger partial charge in [-0.1, -0.05) is 24.3 Å². The fraction of sp³-hybridized carbons (Fsp3) is 0.280. The summed E-state index contributed by atoms with van der Waals surface area (Å²) in [5.74, 6) is -0.660. The van der Waals surface area contributed by atoms with E-state index in [2.05, 4.69) is 9.80 Å². The number of rotatable bonds is 5. The van der Waals surface area contributed by atoms with Crippen LogP contribution in [0.25, 0.3) is 0 Å². The molecule has 5 rings (SSSR count). The lowest BCUT2D eigenvalue weighted by atomic mass is 10.1. The van der Waals surface area contributed by atoms with Crippen LogP contribution in [0, 0.1) is 5.82 Å². The number of carbonyl (C=O) groups is 2. The zero-order valence-electron chi connectivity index (χ0n) is 17.8. The molecule has 0 spiro atoms. The van der Waals surface area contributed by atoms with Crippen LogP contribution in [0.1, 0.15) is 44.1 Å². The lowest BCUT2D eigenvalue weighted by Crippen LogP contribution is -2.46. The summed E-state index contributed by atoms with van der Waals surface area (Å²) in [5.41, 5.74) is 2.78. The Labute approximate surface area is 190 Å². The number of anilines is 1. The van der Waals surface area contributed by atoms with E-state index in [1.54, 1.807) is 29.5 Å². The fourth-order valence-corrected chi connectivity index (χ4v) is 5.37. The number of thiophene rings is 1. The van der Waals surface area contributed by atoms with Gasteiger partial charge in [-0.25, -0.2) is 4.39 Å². The molecule has 0 aliphatic carbocycles. The van der Waals surface area contributed by atoms with Gasteiger partial charge in [0.1, 0.15) is 5.82 Å². The molecule has 2 amide bonds. The van der Waals surface area contributed by atoms with Crippen molar-refractivity contribution in [2.75, 3.05) is 31.1 Å². The van der Waals surface area contributed by atoms with Crippen LogP contribution < -0.4 is 4.90 Å². The molecule has 7 heteroatoms. The first-order chi connectivity index (χ1) is 15.5. The molecule has 0 bridgehead atoms. The van der Waals surface area contributed by atoms with Crippen LogP contribution >= 0.6 is 11.3 Å². The number of carbonyl (C=O) groups excluding carboxylic acids is 2. The average molecular weight is 450 g/mol. The Morgan fingerprint density at radius 3 is 2.47 bits per heavy atom. The van der Waals surface area contributed by atoms with Crippen molar-refractivity contribution in [1.29, 1.82) is 0 Å². The summed E-state index contributed by atoms with van der Waals surface area (Å²) in [6.07, 6.45) is 0. The molecule has 2 aliphatic rings. The normalized spacial score (nSPS) is 17.7. The van der Waals surface area contributed by atoms with Crippen LogP contribution in [0.4, 0.5) is 10.1 Å². The van der Waals surface area contributed by atoms with Gasteiger partial charge in [0.2, 0.25) is 0 Å². The highest BCUT2D eigenvalue weighted by Crippen LogP contribution is 2.37. The lowest BCUT2D eigenvalue weighted by Gasteiger charge is -2.36. The molecule has 1 aromatic heterocycles. The summed E-state index contributed by atoms with van der Waals surface area (Å²) < 4.78 is 13.5. The molecule has 0 radical (unpaired) electrons. The van der Waals surface area contributed by atoms with Crippen LogP contribution in [0.5, 0.6) is 0 Å². The third-order valence-electron chi connectivity index (χ3n) is 6.27. The zero-order chi connectivity index (χ0) is 22.2. The summed E-state index contributed by atoms with van der Waals surface area (Å²) in [6, 6.07) is 15.8. The highest BCUT2D eigenvalue weighted by Gasteiger charge is 2.41. The Bertz CT molecular complexity index is 1160. The fourth-order valence-electron chi connectivity index (χ4n) is 4.60. The lowest BCUT2D eigenvalue weighted by molar-refractivity contribution is 0.0598. The third-order valence-corrected chi connectivity index (χ3v) is 7.32. The van der Waals surface area contributed by atoms with E-state index in [-0.39, 0.29) is 23.7 Å². The molecular weight excluding hydrogens is 425 g/mol. The van der Waals surface area contributed by atoms with Crippen LogP contribution in [0.3, 0.4) is 0 Å². The Kier molecular flexibility index (Phi) is 5.53. The Hall–Kier alpha value is -3.03. The predicted octanol–water partition coefficient (Wildman–Crippen LogP) is 4.57. The second-order valence-electron chi connectivity index (χ2n) is 8.26.